The fraction of sp³-hybridized carbons (Fsp3) is 0.471. The van der Waals surface area contributed by atoms with E-state index < -0.39 is 0 Å². The Balaban J connectivity index is 1.61. The second kappa shape index (κ2) is 7.79. The summed E-state index contributed by atoms with van der Waals surface area (Å²) in [5.41, 5.74) is 0.380. The van der Waals surface area contributed by atoms with Gasteiger partial charge in [0.15, 0.2) is 5.82 Å². The van der Waals surface area contributed by atoms with E-state index in [-0.39, 0.29) is 11.7 Å². The van der Waals surface area contributed by atoms with Gasteiger partial charge in [0.1, 0.15) is 5.82 Å². The first-order valence-electron chi connectivity index (χ1n) is 8.28. The number of hydrogen-bond acceptors (Lipinski definition) is 4. The topological polar surface area (TPSA) is 61.9 Å². The summed E-state index contributed by atoms with van der Waals surface area (Å²) in [5.74, 6) is 0.474. The van der Waals surface area contributed by atoms with E-state index in [0.29, 0.717) is 28.3 Å². The van der Waals surface area contributed by atoms with Gasteiger partial charge < -0.3 is 4.90 Å². The van der Waals surface area contributed by atoms with Gasteiger partial charge in [0.25, 0.3) is 0 Å². The van der Waals surface area contributed by atoms with Gasteiger partial charge in [-0.3, -0.25) is 9.89 Å². The molecule has 0 bridgehead atoms. The molecule has 128 valence electrons. The molecule has 1 unspecified atom stereocenters. The Hall–Kier alpha value is -1.89. The van der Waals surface area contributed by atoms with Crippen molar-refractivity contribution in [1.82, 2.24) is 20.1 Å². The summed E-state index contributed by atoms with van der Waals surface area (Å²) in [6.07, 6.45) is 4.35. The van der Waals surface area contributed by atoms with Gasteiger partial charge in [0, 0.05) is 12.6 Å². The van der Waals surface area contributed by atoms with E-state index >= 15 is 0 Å². The third-order valence-corrected chi connectivity index (χ3v) is 5.17. The number of rotatable bonds is 5. The molecule has 0 saturated carbocycles. The number of halogens is 1. The molecule has 1 aromatic carbocycles. The van der Waals surface area contributed by atoms with Crippen LogP contribution >= 0.6 is 11.8 Å². The van der Waals surface area contributed by atoms with Crippen molar-refractivity contribution in [2.75, 3.05) is 12.3 Å². The van der Waals surface area contributed by atoms with E-state index in [1.54, 1.807) is 18.2 Å². The molecule has 1 aromatic heterocycles. The zero-order valence-corrected chi connectivity index (χ0v) is 14.5. The minimum absolute atomic E-state index is 0.129. The van der Waals surface area contributed by atoms with Crippen LogP contribution in [0.25, 0.3) is 11.4 Å². The maximum atomic E-state index is 13.8. The number of carbonyl (C=O) groups excluding carboxylic acids is 1. The molecule has 0 aliphatic carbocycles. The molecule has 2 aromatic rings. The minimum Gasteiger partial charge on any atom is -0.339 e. The number of carbonyl (C=O) groups is 1. The predicted molar refractivity (Wildman–Crippen MR) is 92.1 cm³/mol. The van der Waals surface area contributed by atoms with Crippen LogP contribution in [-0.4, -0.2) is 44.3 Å². The van der Waals surface area contributed by atoms with Crippen molar-refractivity contribution >= 4 is 17.7 Å². The normalized spacial score (nSPS) is 17.9. The molecule has 3 rings (SSSR count). The van der Waals surface area contributed by atoms with Crippen LogP contribution < -0.4 is 0 Å². The molecule has 1 N–H and O–H groups in total. The highest BCUT2D eigenvalue weighted by atomic mass is 32.2. The van der Waals surface area contributed by atoms with E-state index in [9.17, 15) is 9.18 Å². The fourth-order valence-electron chi connectivity index (χ4n) is 3.05. The molecule has 1 atom stereocenters. The van der Waals surface area contributed by atoms with Crippen molar-refractivity contribution in [1.29, 1.82) is 0 Å². The van der Waals surface area contributed by atoms with Crippen molar-refractivity contribution in [3.05, 3.63) is 30.1 Å². The fourth-order valence-corrected chi connectivity index (χ4v) is 3.73. The summed E-state index contributed by atoms with van der Waals surface area (Å²) < 4.78 is 13.8. The number of thioether (sulfide) groups is 1. The molecule has 7 heteroatoms. The van der Waals surface area contributed by atoms with Gasteiger partial charge in [-0.15, -0.1) is 5.10 Å². The summed E-state index contributed by atoms with van der Waals surface area (Å²) in [6, 6.07) is 6.77. The monoisotopic (exact) mass is 348 g/mol. The first-order chi connectivity index (χ1) is 11.7. The van der Waals surface area contributed by atoms with Crippen molar-refractivity contribution in [3.8, 4) is 11.4 Å². The van der Waals surface area contributed by atoms with Crippen LogP contribution in [0.2, 0.25) is 0 Å². The van der Waals surface area contributed by atoms with Gasteiger partial charge in [0.05, 0.1) is 11.3 Å². The molecule has 24 heavy (non-hydrogen) atoms. The van der Waals surface area contributed by atoms with E-state index in [2.05, 4.69) is 22.1 Å². The quantitative estimate of drug-likeness (QED) is 0.840. The van der Waals surface area contributed by atoms with Gasteiger partial charge in [0.2, 0.25) is 11.1 Å². The second-order valence-corrected chi connectivity index (χ2v) is 6.82. The SMILES string of the molecule is CCC1CCCCN1C(=O)CSc1n[nH]c(-c2ccccc2F)n1. The third kappa shape index (κ3) is 3.77. The Morgan fingerprint density at radius 3 is 3.04 bits per heavy atom. The Bertz CT molecular complexity index is 705. The lowest BCUT2D eigenvalue weighted by Gasteiger charge is -2.35. The van der Waals surface area contributed by atoms with Gasteiger partial charge in [-0.2, -0.15) is 0 Å². The average molecular weight is 348 g/mol. The van der Waals surface area contributed by atoms with Crippen LogP contribution in [0, 0.1) is 5.82 Å². The van der Waals surface area contributed by atoms with E-state index in [0.717, 1.165) is 25.8 Å². The Labute approximate surface area is 145 Å². The summed E-state index contributed by atoms with van der Waals surface area (Å²) in [7, 11) is 0. The summed E-state index contributed by atoms with van der Waals surface area (Å²) in [5, 5.41) is 7.28. The van der Waals surface area contributed by atoms with Crippen molar-refractivity contribution in [3.63, 3.8) is 0 Å². The average Bonchev–Trinajstić information content (AvgIpc) is 3.08. The molecule has 0 radical (unpaired) electrons. The van der Waals surface area contributed by atoms with Crippen LogP contribution in [-0.2, 0) is 4.79 Å². The number of piperidine rings is 1. The number of likely N-dealkylation sites (tertiary alicyclic amines) is 1. The number of nitrogens with zero attached hydrogens (tertiary/aromatic N) is 3. The van der Waals surface area contributed by atoms with Crippen LogP contribution in [0.5, 0.6) is 0 Å². The summed E-state index contributed by atoms with van der Waals surface area (Å²) in [4.78, 5) is 18.7. The van der Waals surface area contributed by atoms with Crippen LogP contribution in [0.15, 0.2) is 29.4 Å². The largest absolute Gasteiger partial charge is 0.339 e. The zero-order chi connectivity index (χ0) is 16.9. The molecule has 1 amide bonds. The Kier molecular flexibility index (Phi) is 5.50. The standard InChI is InChI=1S/C17H21FN4OS/c1-2-12-7-5-6-10-22(12)15(23)11-24-17-19-16(20-21-17)13-8-3-4-9-14(13)18/h3-4,8-9,12H,2,5-7,10-11H2,1H3,(H,19,20,21). The van der Waals surface area contributed by atoms with E-state index in [1.807, 2.05) is 4.90 Å². The molecule has 0 spiro atoms. The van der Waals surface area contributed by atoms with Gasteiger partial charge in [-0.05, 0) is 37.8 Å². The molecule has 1 saturated heterocycles. The third-order valence-electron chi connectivity index (χ3n) is 4.34. The Morgan fingerprint density at radius 2 is 2.25 bits per heavy atom. The molecule has 1 aliphatic heterocycles. The molecular weight excluding hydrogens is 327 g/mol. The van der Waals surface area contributed by atoms with Crippen LogP contribution in [0.3, 0.4) is 0 Å². The molecule has 5 nitrogen and oxygen atoms in total. The van der Waals surface area contributed by atoms with Gasteiger partial charge in [-0.1, -0.05) is 30.8 Å². The van der Waals surface area contributed by atoms with E-state index in [1.165, 1.54) is 24.2 Å². The second-order valence-electron chi connectivity index (χ2n) is 5.88. The zero-order valence-electron chi connectivity index (χ0n) is 13.7. The Morgan fingerprint density at radius 1 is 1.42 bits per heavy atom. The number of amides is 1. The maximum Gasteiger partial charge on any atom is 0.233 e. The number of hydrogen-bond donors (Lipinski definition) is 1. The molecular formula is C17H21FN4OS. The van der Waals surface area contributed by atoms with Gasteiger partial charge >= 0.3 is 0 Å². The maximum absolute atomic E-state index is 13.8. The number of benzene rings is 1. The number of aromatic amines is 1. The number of H-pyrrole nitrogens is 1. The number of nitrogens with one attached hydrogen (secondary N) is 1. The molecule has 2 heterocycles. The molecule has 1 fully saturated rings. The first-order valence-corrected chi connectivity index (χ1v) is 9.27. The van der Waals surface area contributed by atoms with Crippen molar-refractivity contribution in [2.45, 2.75) is 43.8 Å². The summed E-state index contributed by atoms with van der Waals surface area (Å²) >= 11 is 1.29. The first kappa shape index (κ1) is 17.0. The van der Waals surface area contributed by atoms with Crippen LogP contribution in [0.1, 0.15) is 32.6 Å². The van der Waals surface area contributed by atoms with Crippen LogP contribution in [0.4, 0.5) is 4.39 Å². The lowest BCUT2D eigenvalue weighted by atomic mass is 10.0. The van der Waals surface area contributed by atoms with Crippen molar-refractivity contribution < 1.29 is 9.18 Å². The predicted octanol–water partition coefficient (Wildman–Crippen LogP) is 3.49. The highest BCUT2D eigenvalue weighted by Gasteiger charge is 2.25. The lowest BCUT2D eigenvalue weighted by molar-refractivity contribution is -0.132. The molecule has 1 aliphatic rings. The highest BCUT2D eigenvalue weighted by molar-refractivity contribution is 7.99. The van der Waals surface area contributed by atoms with Crippen molar-refractivity contribution in [2.24, 2.45) is 0 Å². The van der Waals surface area contributed by atoms with E-state index in [4.69, 9.17) is 0 Å². The van der Waals surface area contributed by atoms with Gasteiger partial charge in [-0.25, -0.2) is 9.37 Å². The smallest absolute Gasteiger partial charge is 0.233 e. The summed E-state index contributed by atoms with van der Waals surface area (Å²) in [6.45, 7) is 2.96. The lowest BCUT2D eigenvalue weighted by Crippen LogP contribution is -2.44. The number of aromatic nitrogens is 3. The minimum atomic E-state index is -0.347. The highest BCUT2D eigenvalue weighted by Crippen LogP contribution is 2.24.